The second-order valence-corrected chi connectivity index (χ2v) is 7.52. The number of carbonyl (C=O) groups excluding carboxylic acids is 1. The number of amides is 1. The van der Waals surface area contributed by atoms with Crippen LogP contribution >= 0.6 is 22.6 Å². The van der Waals surface area contributed by atoms with E-state index in [1.165, 1.54) is 25.1 Å². The van der Waals surface area contributed by atoms with Gasteiger partial charge in [-0.05, 0) is 46.9 Å². The molecule has 9 nitrogen and oxygen atoms in total. The summed E-state index contributed by atoms with van der Waals surface area (Å²) in [5.74, 6) is -4.60. The summed E-state index contributed by atoms with van der Waals surface area (Å²) in [5.41, 5.74) is 0.250. The van der Waals surface area contributed by atoms with E-state index < -0.39 is 53.1 Å². The Morgan fingerprint density at radius 3 is 2.58 bits per heavy atom. The molecule has 0 bridgehead atoms. The lowest BCUT2D eigenvalue weighted by Gasteiger charge is -2.16. The fourth-order valence-corrected chi connectivity index (χ4v) is 2.86. The number of nitrogens with one attached hydrogen (secondary N) is 2. The molecule has 0 saturated carbocycles. The number of rotatable bonds is 12. The van der Waals surface area contributed by atoms with Gasteiger partial charge in [-0.1, -0.05) is 5.16 Å². The first-order valence-electron chi connectivity index (χ1n) is 9.47. The van der Waals surface area contributed by atoms with Gasteiger partial charge in [0.15, 0.2) is 11.6 Å². The molecule has 1 atom stereocenters. The van der Waals surface area contributed by atoms with E-state index in [0.29, 0.717) is 3.57 Å². The molecule has 1 unspecified atom stereocenters. The quantitative estimate of drug-likeness (QED) is 0.0998. The second-order valence-electron chi connectivity index (χ2n) is 6.27. The third-order valence-electron chi connectivity index (χ3n) is 3.87. The maximum Gasteiger partial charge on any atom is 0.277 e. The monoisotopic (exact) mass is 583 g/mol. The molecule has 0 aliphatic carbocycles. The van der Waals surface area contributed by atoms with Crippen molar-refractivity contribution in [1.82, 2.24) is 5.48 Å². The summed E-state index contributed by atoms with van der Waals surface area (Å²) in [6.45, 7) is 0.543. The zero-order valence-electron chi connectivity index (χ0n) is 17.3. The highest BCUT2D eigenvalue weighted by atomic mass is 127. The van der Waals surface area contributed by atoms with Crippen LogP contribution in [0.3, 0.4) is 0 Å². The number of hydrogen-bond acceptors (Lipinski definition) is 8. The van der Waals surface area contributed by atoms with Crippen molar-refractivity contribution < 1.29 is 42.6 Å². The summed E-state index contributed by atoms with van der Waals surface area (Å²) >= 11 is 1.88. The van der Waals surface area contributed by atoms with Crippen LogP contribution in [0.15, 0.2) is 29.4 Å². The van der Waals surface area contributed by atoms with Gasteiger partial charge in [0, 0.05) is 16.1 Å². The Balaban J connectivity index is 2.40. The Hall–Kier alpha value is -2.46. The molecule has 33 heavy (non-hydrogen) atoms. The second kappa shape index (κ2) is 13.3. The Kier molecular flexibility index (Phi) is 10.8. The van der Waals surface area contributed by atoms with E-state index in [4.69, 9.17) is 24.6 Å². The molecular formula is C20H21F3IN3O6. The summed E-state index contributed by atoms with van der Waals surface area (Å²) in [6, 6.07) is 4.95. The van der Waals surface area contributed by atoms with E-state index in [0.717, 1.165) is 12.3 Å². The van der Waals surface area contributed by atoms with E-state index >= 15 is 0 Å². The minimum absolute atomic E-state index is 0.0205. The molecule has 0 spiro atoms. The summed E-state index contributed by atoms with van der Waals surface area (Å²) < 4.78 is 49.5. The van der Waals surface area contributed by atoms with Crippen LogP contribution in [-0.4, -0.2) is 55.1 Å². The maximum absolute atomic E-state index is 14.9. The molecule has 0 aliphatic heterocycles. The molecule has 0 radical (unpaired) electrons. The number of aliphatic hydroxyl groups is 2. The Morgan fingerprint density at radius 2 is 1.91 bits per heavy atom. The molecule has 0 aromatic heterocycles. The normalized spacial score (nSPS) is 12.1. The van der Waals surface area contributed by atoms with E-state index in [1.807, 2.05) is 28.1 Å². The first-order valence-corrected chi connectivity index (χ1v) is 10.5. The van der Waals surface area contributed by atoms with Gasteiger partial charge in [0.05, 0.1) is 49.6 Å². The standard InChI is InChI=1S/C20H21F3IN3O6/c1-11(31-6-4-28)33-25-10-12-8-14(20(30)27-32-7-5-29)19(18(23)17(12)22)26-16-3-2-13(24)9-15(16)21/h2-3,8-11,26,28-29H,4-7H2,1H3,(H,27,30)/b25-10+. The van der Waals surface area contributed by atoms with Crippen molar-refractivity contribution >= 4 is 46.1 Å². The number of nitrogens with zero attached hydrogens (tertiary/aromatic N) is 1. The number of ether oxygens (including phenoxy) is 1. The predicted molar refractivity (Wildman–Crippen MR) is 120 cm³/mol. The molecule has 0 fully saturated rings. The van der Waals surface area contributed by atoms with Crippen molar-refractivity contribution in [2.24, 2.45) is 5.16 Å². The van der Waals surface area contributed by atoms with Crippen molar-refractivity contribution in [2.45, 2.75) is 13.2 Å². The van der Waals surface area contributed by atoms with Gasteiger partial charge in [-0.15, -0.1) is 0 Å². The SMILES string of the molecule is CC(OCCO)O/N=C/c1cc(C(=O)NOCCO)c(Nc2ccc(I)cc2F)c(F)c1F. The summed E-state index contributed by atoms with van der Waals surface area (Å²) in [5, 5.41) is 23.4. The summed E-state index contributed by atoms with van der Waals surface area (Å²) in [7, 11) is 0. The lowest BCUT2D eigenvalue weighted by molar-refractivity contribution is -0.135. The van der Waals surface area contributed by atoms with Gasteiger partial charge < -0.3 is 25.1 Å². The molecule has 1 amide bonds. The van der Waals surface area contributed by atoms with Gasteiger partial charge in [0.2, 0.25) is 6.29 Å². The first-order chi connectivity index (χ1) is 15.8. The van der Waals surface area contributed by atoms with Crippen molar-refractivity contribution in [3.63, 3.8) is 0 Å². The minimum Gasteiger partial charge on any atom is -0.394 e. The fraction of sp³-hybridized carbons (Fsp3) is 0.300. The van der Waals surface area contributed by atoms with Crippen molar-refractivity contribution in [3.8, 4) is 0 Å². The average molecular weight is 583 g/mol. The Morgan fingerprint density at radius 1 is 1.18 bits per heavy atom. The predicted octanol–water partition coefficient (Wildman–Crippen LogP) is 2.81. The molecule has 2 aromatic carbocycles. The molecule has 2 aromatic rings. The van der Waals surface area contributed by atoms with Crippen LogP contribution in [0.25, 0.3) is 0 Å². The Bertz CT molecular complexity index is 996. The molecule has 4 N–H and O–H groups in total. The Labute approximate surface area is 200 Å². The number of anilines is 2. The number of benzene rings is 2. The lowest BCUT2D eigenvalue weighted by atomic mass is 10.1. The number of carbonyl (C=O) groups is 1. The molecule has 2 rings (SSSR count). The van der Waals surface area contributed by atoms with E-state index in [-0.39, 0.29) is 25.5 Å². The van der Waals surface area contributed by atoms with Gasteiger partial charge in [-0.25, -0.2) is 18.7 Å². The average Bonchev–Trinajstić information content (AvgIpc) is 2.78. The van der Waals surface area contributed by atoms with E-state index in [2.05, 4.69) is 10.5 Å². The van der Waals surface area contributed by atoms with E-state index in [9.17, 15) is 18.0 Å². The third kappa shape index (κ3) is 7.82. The van der Waals surface area contributed by atoms with Crippen LogP contribution < -0.4 is 10.8 Å². The lowest BCUT2D eigenvalue weighted by Crippen LogP contribution is -2.26. The number of hydrogen-bond donors (Lipinski definition) is 4. The molecular weight excluding hydrogens is 562 g/mol. The molecule has 0 saturated heterocycles. The fourth-order valence-electron chi connectivity index (χ4n) is 2.41. The van der Waals surface area contributed by atoms with Gasteiger partial charge in [0.25, 0.3) is 5.91 Å². The zero-order chi connectivity index (χ0) is 24.4. The highest BCUT2D eigenvalue weighted by Crippen LogP contribution is 2.30. The molecule has 0 heterocycles. The molecule has 180 valence electrons. The van der Waals surface area contributed by atoms with Crippen LogP contribution in [0.4, 0.5) is 24.5 Å². The highest BCUT2D eigenvalue weighted by Gasteiger charge is 2.23. The molecule has 0 aliphatic rings. The molecule has 13 heteroatoms. The number of halogens is 4. The van der Waals surface area contributed by atoms with Gasteiger partial charge in [0.1, 0.15) is 5.82 Å². The van der Waals surface area contributed by atoms with Gasteiger partial charge >= 0.3 is 0 Å². The topological polar surface area (TPSA) is 122 Å². The van der Waals surface area contributed by atoms with Gasteiger partial charge in [-0.2, -0.15) is 0 Å². The van der Waals surface area contributed by atoms with Crippen LogP contribution in [-0.2, 0) is 14.4 Å². The minimum atomic E-state index is -1.48. The largest absolute Gasteiger partial charge is 0.394 e. The summed E-state index contributed by atoms with van der Waals surface area (Å²) in [6.07, 6.45) is -0.0709. The van der Waals surface area contributed by atoms with Crippen molar-refractivity contribution in [1.29, 1.82) is 0 Å². The number of aliphatic hydroxyl groups excluding tert-OH is 2. The zero-order valence-corrected chi connectivity index (χ0v) is 19.4. The van der Waals surface area contributed by atoms with Crippen LogP contribution in [0.5, 0.6) is 0 Å². The number of oxime groups is 1. The highest BCUT2D eigenvalue weighted by molar-refractivity contribution is 14.1. The summed E-state index contributed by atoms with van der Waals surface area (Å²) in [4.78, 5) is 22.2. The van der Waals surface area contributed by atoms with Crippen molar-refractivity contribution in [2.75, 3.05) is 31.7 Å². The third-order valence-corrected chi connectivity index (χ3v) is 4.54. The number of hydroxylamine groups is 1. The van der Waals surface area contributed by atoms with Crippen LogP contribution in [0.1, 0.15) is 22.8 Å². The van der Waals surface area contributed by atoms with E-state index in [1.54, 1.807) is 0 Å². The van der Waals surface area contributed by atoms with Crippen molar-refractivity contribution in [3.05, 3.63) is 56.4 Å². The smallest absolute Gasteiger partial charge is 0.277 e. The van der Waals surface area contributed by atoms with Crippen LogP contribution in [0.2, 0.25) is 0 Å². The first kappa shape index (κ1) is 26.8. The maximum atomic E-state index is 14.9. The van der Waals surface area contributed by atoms with Crippen LogP contribution in [0, 0.1) is 21.0 Å². The van der Waals surface area contributed by atoms with Gasteiger partial charge in [-0.3, -0.25) is 9.63 Å².